The molecule has 1 saturated heterocycles. The number of ether oxygens (including phenoxy) is 2. The van der Waals surface area contributed by atoms with Crippen LogP contribution in [0.4, 0.5) is 4.39 Å². The summed E-state index contributed by atoms with van der Waals surface area (Å²) in [6.45, 7) is 3.19. The predicted octanol–water partition coefficient (Wildman–Crippen LogP) is 2.51. The molecule has 1 N–H and O–H groups in total. The highest BCUT2D eigenvalue weighted by Gasteiger charge is 2.23. The summed E-state index contributed by atoms with van der Waals surface area (Å²) in [7, 11) is 2.99. The van der Waals surface area contributed by atoms with Gasteiger partial charge in [0.2, 0.25) is 5.75 Å². The summed E-state index contributed by atoms with van der Waals surface area (Å²) in [5.74, 6) is 0.152. The lowest BCUT2D eigenvalue weighted by atomic mass is 10.1. The Hall–Kier alpha value is -2.80. The van der Waals surface area contributed by atoms with Crippen molar-refractivity contribution in [2.45, 2.75) is 6.54 Å². The Labute approximate surface area is 157 Å². The van der Waals surface area contributed by atoms with E-state index in [0.717, 1.165) is 5.56 Å². The van der Waals surface area contributed by atoms with Crippen LogP contribution in [-0.2, 0) is 6.54 Å². The molecule has 0 aromatic heterocycles. The Morgan fingerprint density at radius 1 is 1.07 bits per heavy atom. The Bertz CT molecular complexity index is 794. The molecule has 0 unspecified atom stereocenters. The van der Waals surface area contributed by atoms with E-state index in [2.05, 4.69) is 4.90 Å². The molecule has 6 nitrogen and oxygen atoms in total. The number of benzene rings is 2. The van der Waals surface area contributed by atoms with Gasteiger partial charge in [-0.2, -0.15) is 0 Å². The molecule has 0 radical (unpaired) electrons. The fraction of sp³-hybridized carbons (Fsp3) is 0.350. The minimum Gasteiger partial charge on any atom is -0.502 e. The molecule has 1 amide bonds. The molecule has 27 heavy (non-hydrogen) atoms. The van der Waals surface area contributed by atoms with Crippen molar-refractivity contribution in [2.24, 2.45) is 0 Å². The molecule has 1 aliphatic rings. The average Bonchev–Trinajstić information content (AvgIpc) is 2.69. The average molecular weight is 374 g/mol. The number of amides is 1. The Morgan fingerprint density at radius 3 is 2.26 bits per heavy atom. The number of aromatic hydroxyl groups is 1. The van der Waals surface area contributed by atoms with Gasteiger partial charge >= 0.3 is 0 Å². The molecule has 0 bridgehead atoms. The summed E-state index contributed by atoms with van der Waals surface area (Å²) in [6, 6.07) is 9.33. The molecule has 2 aromatic rings. The highest BCUT2D eigenvalue weighted by atomic mass is 19.1. The van der Waals surface area contributed by atoms with Crippen molar-refractivity contribution in [1.29, 1.82) is 0 Å². The van der Waals surface area contributed by atoms with Gasteiger partial charge in [-0.15, -0.1) is 0 Å². The zero-order valence-electron chi connectivity index (χ0n) is 15.4. The van der Waals surface area contributed by atoms with E-state index in [1.165, 1.54) is 26.4 Å². The second-order valence-corrected chi connectivity index (χ2v) is 6.43. The van der Waals surface area contributed by atoms with Crippen LogP contribution in [-0.4, -0.2) is 61.2 Å². The van der Waals surface area contributed by atoms with Crippen LogP contribution in [0.1, 0.15) is 15.9 Å². The molecule has 3 rings (SSSR count). The standard InChI is InChI=1S/C20H23FN2O4/c1-26-17-10-14(11-18(27-2)19(17)24)13-22-6-8-23(9-7-22)20(25)15-4-3-5-16(21)12-15/h3-5,10-12,24H,6-9,13H2,1-2H3. The van der Waals surface area contributed by atoms with Crippen LogP contribution >= 0.6 is 0 Å². The summed E-state index contributed by atoms with van der Waals surface area (Å²) in [4.78, 5) is 16.4. The van der Waals surface area contributed by atoms with E-state index < -0.39 is 5.82 Å². The summed E-state index contributed by atoms with van der Waals surface area (Å²) >= 11 is 0. The predicted molar refractivity (Wildman–Crippen MR) is 98.8 cm³/mol. The molecule has 1 heterocycles. The van der Waals surface area contributed by atoms with Gasteiger partial charge in [-0.1, -0.05) is 6.07 Å². The van der Waals surface area contributed by atoms with E-state index >= 15 is 0 Å². The molecule has 7 heteroatoms. The van der Waals surface area contributed by atoms with Gasteiger partial charge in [0.15, 0.2) is 11.5 Å². The third-order valence-corrected chi connectivity index (χ3v) is 4.68. The highest BCUT2D eigenvalue weighted by molar-refractivity contribution is 5.94. The fourth-order valence-corrected chi connectivity index (χ4v) is 3.21. The van der Waals surface area contributed by atoms with E-state index in [0.29, 0.717) is 49.8 Å². The molecule has 144 valence electrons. The molecule has 0 saturated carbocycles. The number of halogens is 1. The Kier molecular flexibility index (Phi) is 5.81. The number of hydrogen-bond acceptors (Lipinski definition) is 5. The Balaban J connectivity index is 1.62. The molecule has 0 spiro atoms. The lowest BCUT2D eigenvalue weighted by Gasteiger charge is -2.35. The third kappa shape index (κ3) is 4.31. The number of phenolic OH excluding ortho intramolecular Hbond substituents is 1. The lowest BCUT2D eigenvalue weighted by molar-refractivity contribution is 0.0628. The van der Waals surface area contributed by atoms with Gasteiger partial charge in [-0.05, 0) is 35.9 Å². The quantitative estimate of drug-likeness (QED) is 0.871. The van der Waals surface area contributed by atoms with Crippen molar-refractivity contribution in [2.75, 3.05) is 40.4 Å². The minimum atomic E-state index is -0.408. The fourth-order valence-electron chi connectivity index (χ4n) is 3.21. The monoisotopic (exact) mass is 374 g/mol. The van der Waals surface area contributed by atoms with Gasteiger partial charge in [0, 0.05) is 38.3 Å². The van der Waals surface area contributed by atoms with Crippen LogP contribution in [0.2, 0.25) is 0 Å². The van der Waals surface area contributed by atoms with Crippen molar-refractivity contribution in [1.82, 2.24) is 9.80 Å². The molecular formula is C20H23FN2O4. The first kappa shape index (κ1) is 19.0. The van der Waals surface area contributed by atoms with Gasteiger partial charge in [-0.3, -0.25) is 9.69 Å². The topological polar surface area (TPSA) is 62.2 Å². The molecule has 0 aliphatic carbocycles. The summed E-state index contributed by atoms with van der Waals surface area (Å²) in [5, 5.41) is 10.0. The number of carbonyl (C=O) groups excluding carboxylic acids is 1. The van der Waals surface area contributed by atoms with Gasteiger partial charge in [0.1, 0.15) is 5.82 Å². The zero-order chi connectivity index (χ0) is 19.4. The van der Waals surface area contributed by atoms with E-state index in [-0.39, 0.29) is 11.7 Å². The Morgan fingerprint density at radius 2 is 1.70 bits per heavy atom. The van der Waals surface area contributed by atoms with Crippen LogP contribution in [0.3, 0.4) is 0 Å². The molecule has 1 fully saturated rings. The first-order valence-corrected chi connectivity index (χ1v) is 8.73. The van der Waals surface area contributed by atoms with Crippen LogP contribution in [0.5, 0.6) is 17.2 Å². The number of rotatable bonds is 5. The van der Waals surface area contributed by atoms with Crippen molar-refractivity contribution in [3.63, 3.8) is 0 Å². The summed E-state index contributed by atoms with van der Waals surface area (Å²) in [5.41, 5.74) is 1.32. The van der Waals surface area contributed by atoms with Crippen LogP contribution in [0.15, 0.2) is 36.4 Å². The minimum absolute atomic E-state index is 0.0192. The van der Waals surface area contributed by atoms with Gasteiger partial charge in [0.05, 0.1) is 14.2 Å². The second-order valence-electron chi connectivity index (χ2n) is 6.43. The zero-order valence-corrected chi connectivity index (χ0v) is 15.4. The first-order chi connectivity index (χ1) is 13.0. The van der Waals surface area contributed by atoms with Crippen LogP contribution in [0.25, 0.3) is 0 Å². The molecule has 2 aromatic carbocycles. The third-order valence-electron chi connectivity index (χ3n) is 4.68. The van der Waals surface area contributed by atoms with Gasteiger partial charge in [-0.25, -0.2) is 4.39 Å². The lowest BCUT2D eigenvalue weighted by Crippen LogP contribution is -2.48. The largest absolute Gasteiger partial charge is 0.502 e. The van der Waals surface area contributed by atoms with Gasteiger partial charge in [0.25, 0.3) is 5.91 Å². The number of piperazine rings is 1. The molecule has 1 aliphatic heterocycles. The van der Waals surface area contributed by atoms with Gasteiger partial charge < -0.3 is 19.5 Å². The van der Waals surface area contributed by atoms with Crippen LogP contribution in [0, 0.1) is 5.82 Å². The first-order valence-electron chi connectivity index (χ1n) is 8.73. The highest BCUT2D eigenvalue weighted by Crippen LogP contribution is 2.37. The van der Waals surface area contributed by atoms with E-state index in [1.54, 1.807) is 29.2 Å². The second kappa shape index (κ2) is 8.26. The maximum Gasteiger partial charge on any atom is 0.254 e. The number of methoxy groups -OCH3 is 2. The van der Waals surface area contributed by atoms with E-state index in [4.69, 9.17) is 9.47 Å². The number of carbonyl (C=O) groups is 1. The van der Waals surface area contributed by atoms with Crippen molar-refractivity contribution >= 4 is 5.91 Å². The van der Waals surface area contributed by atoms with Crippen molar-refractivity contribution in [3.05, 3.63) is 53.3 Å². The number of phenols is 1. The van der Waals surface area contributed by atoms with Crippen molar-refractivity contribution in [3.8, 4) is 17.2 Å². The van der Waals surface area contributed by atoms with Crippen LogP contribution < -0.4 is 9.47 Å². The summed E-state index contributed by atoms with van der Waals surface area (Å²) in [6.07, 6.45) is 0. The molecular weight excluding hydrogens is 351 g/mol. The van der Waals surface area contributed by atoms with E-state index in [9.17, 15) is 14.3 Å². The van der Waals surface area contributed by atoms with E-state index in [1.807, 2.05) is 0 Å². The SMILES string of the molecule is COc1cc(CN2CCN(C(=O)c3cccc(F)c3)CC2)cc(OC)c1O. The number of hydrogen-bond donors (Lipinski definition) is 1. The van der Waals surface area contributed by atoms with Crippen molar-refractivity contribution < 1.29 is 23.8 Å². The smallest absolute Gasteiger partial charge is 0.254 e. The summed E-state index contributed by atoms with van der Waals surface area (Å²) < 4.78 is 23.7. The normalized spacial score (nSPS) is 14.9. The maximum absolute atomic E-state index is 13.3. The molecule has 0 atom stereocenters. The maximum atomic E-state index is 13.3. The number of nitrogens with zero attached hydrogens (tertiary/aromatic N) is 2.